The van der Waals surface area contributed by atoms with E-state index in [9.17, 15) is 9.59 Å². The van der Waals surface area contributed by atoms with Gasteiger partial charge in [0.1, 0.15) is 23.7 Å². The molecular formula is C37H44N2O6. The summed E-state index contributed by atoms with van der Waals surface area (Å²) in [6.45, 7) is 7.50. The van der Waals surface area contributed by atoms with Gasteiger partial charge in [0, 0.05) is 37.9 Å². The molecule has 0 aromatic heterocycles. The smallest absolute Gasteiger partial charge is 0.410 e. The van der Waals surface area contributed by atoms with Crippen LogP contribution >= 0.6 is 0 Å². The maximum Gasteiger partial charge on any atom is 0.410 e. The molecule has 0 radical (unpaired) electrons. The van der Waals surface area contributed by atoms with Crippen LogP contribution in [0.5, 0.6) is 11.5 Å². The molecule has 1 aliphatic carbocycles. The SMILES string of the molecule is COCCOc1cc(CN(C(=O)C2=C(c3cccc(-c4ccccc4)c3)CCN(C(=O)OC(C)(C)C)C2)C2CC2)cc(OC)c1. The molecule has 0 atom stereocenters. The third-order valence-corrected chi connectivity index (χ3v) is 7.91. The van der Waals surface area contributed by atoms with E-state index in [0.717, 1.165) is 40.7 Å². The highest BCUT2D eigenvalue weighted by atomic mass is 16.6. The summed E-state index contributed by atoms with van der Waals surface area (Å²) in [4.78, 5) is 31.4. The molecule has 3 aromatic rings. The largest absolute Gasteiger partial charge is 0.497 e. The summed E-state index contributed by atoms with van der Waals surface area (Å²) in [5.41, 5.74) is 5.06. The third-order valence-electron chi connectivity index (χ3n) is 7.91. The molecule has 1 aliphatic heterocycles. The number of carbonyl (C=O) groups is 2. The summed E-state index contributed by atoms with van der Waals surface area (Å²) in [6, 6.07) is 24.4. The summed E-state index contributed by atoms with van der Waals surface area (Å²) in [7, 11) is 3.26. The van der Waals surface area contributed by atoms with Crippen molar-refractivity contribution in [1.82, 2.24) is 9.80 Å². The molecule has 2 aliphatic rings. The second kappa shape index (κ2) is 14.2. The molecule has 0 N–H and O–H groups in total. The number of carbonyl (C=O) groups excluding carboxylic acids is 2. The first kappa shape index (κ1) is 32.1. The van der Waals surface area contributed by atoms with Gasteiger partial charge in [-0.15, -0.1) is 0 Å². The van der Waals surface area contributed by atoms with Crippen LogP contribution in [-0.4, -0.2) is 74.0 Å². The van der Waals surface area contributed by atoms with Gasteiger partial charge in [0.2, 0.25) is 0 Å². The summed E-state index contributed by atoms with van der Waals surface area (Å²) in [6.07, 6.45) is 2.02. The molecule has 1 saturated carbocycles. The van der Waals surface area contributed by atoms with E-state index in [0.29, 0.717) is 49.8 Å². The van der Waals surface area contributed by atoms with Gasteiger partial charge in [0.15, 0.2) is 0 Å². The zero-order chi connectivity index (χ0) is 32.0. The van der Waals surface area contributed by atoms with Crippen LogP contribution in [0.15, 0.2) is 78.4 Å². The third kappa shape index (κ3) is 8.45. The number of amides is 2. The summed E-state index contributed by atoms with van der Waals surface area (Å²) in [5.74, 6) is 1.26. The van der Waals surface area contributed by atoms with Crippen molar-refractivity contribution in [3.8, 4) is 22.6 Å². The first-order valence-corrected chi connectivity index (χ1v) is 15.6. The van der Waals surface area contributed by atoms with Crippen molar-refractivity contribution in [2.75, 3.05) is 40.5 Å². The van der Waals surface area contributed by atoms with Crippen molar-refractivity contribution < 1.29 is 28.5 Å². The number of ether oxygens (including phenoxy) is 4. The zero-order valence-corrected chi connectivity index (χ0v) is 27.0. The van der Waals surface area contributed by atoms with Gasteiger partial charge in [0.25, 0.3) is 5.91 Å². The van der Waals surface area contributed by atoms with Gasteiger partial charge in [-0.05, 0) is 86.1 Å². The maximum atomic E-state index is 14.6. The Labute approximate surface area is 266 Å². The van der Waals surface area contributed by atoms with Crippen molar-refractivity contribution in [2.45, 2.75) is 58.2 Å². The van der Waals surface area contributed by atoms with Gasteiger partial charge >= 0.3 is 6.09 Å². The minimum atomic E-state index is -0.634. The molecule has 45 heavy (non-hydrogen) atoms. The molecule has 2 amide bonds. The monoisotopic (exact) mass is 612 g/mol. The molecule has 5 rings (SSSR count). The van der Waals surface area contributed by atoms with Crippen LogP contribution in [0.1, 0.15) is 51.2 Å². The standard InChI is InChI=1S/C37H44N2O6/c1-37(2,3)45-36(41)38-17-16-33(29-13-9-12-28(22-29)27-10-7-6-8-11-27)34(25-38)35(40)39(30-14-15-30)24-26-20-31(43-5)23-32(21-26)44-19-18-42-4/h6-13,20-23,30H,14-19,24-25H2,1-5H3. The second-order valence-electron chi connectivity index (χ2n) is 12.6. The Balaban J connectivity index is 1.50. The van der Waals surface area contributed by atoms with Gasteiger partial charge in [-0.25, -0.2) is 4.79 Å². The molecule has 8 heteroatoms. The van der Waals surface area contributed by atoms with Gasteiger partial charge in [-0.2, -0.15) is 0 Å². The maximum absolute atomic E-state index is 14.6. The predicted octanol–water partition coefficient (Wildman–Crippen LogP) is 6.97. The van der Waals surface area contributed by atoms with Crippen LogP contribution in [0.4, 0.5) is 4.79 Å². The lowest BCUT2D eigenvalue weighted by Crippen LogP contribution is -2.44. The summed E-state index contributed by atoms with van der Waals surface area (Å²) in [5, 5.41) is 0. The van der Waals surface area contributed by atoms with E-state index < -0.39 is 11.7 Å². The summed E-state index contributed by atoms with van der Waals surface area (Å²) >= 11 is 0. The molecule has 0 bridgehead atoms. The number of methoxy groups -OCH3 is 2. The molecule has 0 spiro atoms. The molecular weight excluding hydrogens is 568 g/mol. The van der Waals surface area contributed by atoms with E-state index in [1.54, 1.807) is 19.1 Å². The topological polar surface area (TPSA) is 77.5 Å². The number of rotatable bonds is 11. The molecule has 3 aromatic carbocycles. The van der Waals surface area contributed by atoms with E-state index in [1.165, 1.54) is 0 Å². The first-order valence-electron chi connectivity index (χ1n) is 15.6. The van der Waals surface area contributed by atoms with Crippen LogP contribution in [0, 0.1) is 0 Å². The number of benzene rings is 3. The van der Waals surface area contributed by atoms with Crippen LogP contribution in [-0.2, 0) is 20.8 Å². The van der Waals surface area contributed by atoms with Gasteiger partial charge < -0.3 is 28.7 Å². The highest BCUT2D eigenvalue weighted by molar-refractivity contribution is 6.03. The second-order valence-corrected chi connectivity index (χ2v) is 12.6. The van der Waals surface area contributed by atoms with Crippen LogP contribution in [0.25, 0.3) is 16.7 Å². The van der Waals surface area contributed by atoms with Crippen LogP contribution in [0.3, 0.4) is 0 Å². The Morgan fingerprint density at radius 1 is 0.867 bits per heavy atom. The molecule has 0 saturated heterocycles. The minimum Gasteiger partial charge on any atom is -0.497 e. The van der Waals surface area contributed by atoms with Gasteiger partial charge in [0.05, 0.1) is 20.3 Å². The summed E-state index contributed by atoms with van der Waals surface area (Å²) < 4.78 is 22.3. The normalized spacial score (nSPS) is 15.1. The Kier molecular flexibility index (Phi) is 10.1. The van der Waals surface area contributed by atoms with Gasteiger partial charge in [-0.3, -0.25) is 4.79 Å². The highest BCUT2D eigenvalue weighted by Gasteiger charge is 2.38. The number of hydrogen-bond acceptors (Lipinski definition) is 6. The number of nitrogens with zero attached hydrogens (tertiary/aromatic N) is 2. The highest BCUT2D eigenvalue weighted by Crippen LogP contribution is 2.36. The Hall–Kier alpha value is -4.30. The van der Waals surface area contributed by atoms with E-state index in [-0.39, 0.29) is 18.5 Å². The average molecular weight is 613 g/mol. The molecule has 1 fully saturated rings. The predicted molar refractivity (Wildman–Crippen MR) is 175 cm³/mol. The fraction of sp³-hybridized carbons (Fsp3) is 0.405. The van der Waals surface area contributed by atoms with E-state index >= 15 is 0 Å². The van der Waals surface area contributed by atoms with Gasteiger partial charge in [-0.1, -0.05) is 48.5 Å². The van der Waals surface area contributed by atoms with Crippen molar-refractivity contribution in [3.63, 3.8) is 0 Å². The molecule has 1 heterocycles. The lowest BCUT2D eigenvalue weighted by atomic mass is 9.90. The Bertz CT molecular complexity index is 1520. The molecule has 238 valence electrons. The lowest BCUT2D eigenvalue weighted by molar-refractivity contribution is -0.128. The fourth-order valence-corrected chi connectivity index (χ4v) is 5.57. The van der Waals surface area contributed by atoms with E-state index in [2.05, 4.69) is 30.3 Å². The number of hydrogen-bond donors (Lipinski definition) is 0. The average Bonchev–Trinajstić information content (AvgIpc) is 3.88. The van der Waals surface area contributed by atoms with E-state index in [1.807, 2.05) is 68.1 Å². The van der Waals surface area contributed by atoms with Crippen molar-refractivity contribution in [1.29, 1.82) is 0 Å². The van der Waals surface area contributed by atoms with Crippen molar-refractivity contribution in [3.05, 3.63) is 89.5 Å². The van der Waals surface area contributed by atoms with Crippen LogP contribution < -0.4 is 9.47 Å². The fourth-order valence-electron chi connectivity index (χ4n) is 5.57. The first-order chi connectivity index (χ1) is 21.6. The quantitative estimate of drug-likeness (QED) is 0.218. The molecule has 8 nitrogen and oxygen atoms in total. The zero-order valence-electron chi connectivity index (χ0n) is 27.0. The lowest BCUT2D eigenvalue weighted by Gasteiger charge is -2.34. The van der Waals surface area contributed by atoms with Crippen LogP contribution in [0.2, 0.25) is 0 Å². The van der Waals surface area contributed by atoms with E-state index in [4.69, 9.17) is 18.9 Å². The molecule has 0 unspecified atom stereocenters. The van der Waals surface area contributed by atoms with Crippen molar-refractivity contribution >= 4 is 17.6 Å². The van der Waals surface area contributed by atoms with Crippen molar-refractivity contribution in [2.24, 2.45) is 0 Å². The Morgan fingerprint density at radius 3 is 2.27 bits per heavy atom. The minimum absolute atomic E-state index is 0.0597. The Morgan fingerprint density at radius 2 is 1.58 bits per heavy atom.